The van der Waals surface area contributed by atoms with Gasteiger partial charge in [-0.15, -0.1) is 23.1 Å². The van der Waals surface area contributed by atoms with Gasteiger partial charge in [0.1, 0.15) is 16.5 Å². The highest BCUT2D eigenvalue weighted by Crippen LogP contribution is 2.36. The Kier molecular flexibility index (Phi) is 4.14. The minimum Gasteiger partial charge on any atom is -0.497 e. The molecule has 0 saturated carbocycles. The van der Waals surface area contributed by atoms with Gasteiger partial charge in [-0.05, 0) is 25.3 Å². The maximum atomic E-state index is 5.27. The molecule has 0 spiro atoms. The van der Waals surface area contributed by atoms with E-state index in [0.717, 1.165) is 27.8 Å². The molecule has 0 N–H and O–H groups in total. The maximum absolute atomic E-state index is 5.27. The molecule has 1 aromatic heterocycles. The molecular formula is C13H15NO2S2. The van der Waals surface area contributed by atoms with Crippen molar-refractivity contribution in [1.29, 1.82) is 0 Å². The predicted molar refractivity (Wildman–Crippen MR) is 77.2 cm³/mol. The highest BCUT2D eigenvalue weighted by Gasteiger charge is 2.11. The Morgan fingerprint density at radius 3 is 2.17 bits per heavy atom. The number of aryl methyl sites for hydroxylation is 1. The molecule has 0 unspecified atom stereocenters. The van der Waals surface area contributed by atoms with Crippen molar-refractivity contribution in [3.63, 3.8) is 0 Å². The van der Waals surface area contributed by atoms with E-state index in [9.17, 15) is 0 Å². The van der Waals surface area contributed by atoms with Crippen LogP contribution in [0.4, 0.5) is 0 Å². The number of rotatable bonds is 4. The van der Waals surface area contributed by atoms with Crippen molar-refractivity contribution in [2.24, 2.45) is 0 Å². The first kappa shape index (κ1) is 13.2. The summed E-state index contributed by atoms with van der Waals surface area (Å²) < 4.78 is 11.8. The summed E-state index contributed by atoms with van der Waals surface area (Å²) in [5, 5.41) is 0.994. The van der Waals surface area contributed by atoms with Crippen LogP contribution >= 0.6 is 23.1 Å². The number of thioether (sulfide) groups is 1. The third-order valence-corrected chi connectivity index (χ3v) is 4.96. The summed E-state index contributed by atoms with van der Waals surface area (Å²) in [7, 11) is 3.30. The average Bonchev–Trinajstić information content (AvgIpc) is 2.79. The number of aromatic nitrogens is 1. The van der Waals surface area contributed by atoms with E-state index in [1.165, 1.54) is 4.21 Å². The molecule has 1 heterocycles. The Bertz CT molecular complexity index is 530. The molecule has 2 rings (SSSR count). The van der Waals surface area contributed by atoms with Crippen molar-refractivity contribution < 1.29 is 9.47 Å². The molecule has 0 saturated heterocycles. The van der Waals surface area contributed by atoms with Crippen molar-refractivity contribution in [1.82, 2.24) is 4.98 Å². The summed E-state index contributed by atoms with van der Waals surface area (Å²) in [6.07, 6.45) is 2.07. The van der Waals surface area contributed by atoms with E-state index in [0.29, 0.717) is 0 Å². The van der Waals surface area contributed by atoms with Gasteiger partial charge in [-0.2, -0.15) is 0 Å². The maximum Gasteiger partial charge on any atom is 0.124 e. The number of hydrogen-bond acceptors (Lipinski definition) is 5. The molecule has 3 nitrogen and oxygen atoms in total. The van der Waals surface area contributed by atoms with E-state index in [2.05, 4.69) is 11.2 Å². The minimum atomic E-state index is 0.780. The number of nitrogens with zero attached hydrogens (tertiary/aromatic N) is 1. The molecule has 0 fully saturated rings. The number of thiazole rings is 1. The molecular weight excluding hydrogens is 266 g/mol. The molecule has 0 aliphatic rings. The lowest BCUT2D eigenvalue weighted by atomic mass is 10.2. The lowest BCUT2D eigenvalue weighted by molar-refractivity contribution is 0.394. The van der Waals surface area contributed by atoms with Crippen LogP contribution < -0.4 is 9.47 Å². The average molecular weight is 281 g/mol. The molecule has 2 aromatic rings. The van der Waals surface area contributed by atoms with E-state index < -0.39 is 0 Å². The number of methoxy groups -OCH3 is 2. The van der Waals surface area contributed by atoms with E-state index in [-0.39, 0.29) is 0 Å². The first-order valence-corrected chi connectivity index (χ1v) is 7.47. The summed E-state index contributed by atoms with van der Waals surface area (Å²) in [4.78, 5) is 4.59. The summed E-state index contributed by atoms with van der Waals surface area (Å²) >= 11 is 3.42. The lowest BCUT2D eigenvalue weighted by Crippen LogP contribution is -1.88. The molecule has 0 aliphatic carbocycles. The highest BCUT2D eigenvalue weighted by atomic mass is 32.2. The molecule has 0 bridgehead atoms. The van der Waals surface area contributed by atoms with Gasteiger partial charge < -0.3 is 9.47 Å². The first-order chi connectivity index (χ1) is 8.67. The number of benzene rings is 1. The zero-order valence-electron chi connectivity index (χ0n) is 10.8. The van der Waals surface area contributed by atoms with Gasteiger partial charge in [0.05, 0.1) is 24.1 Å². The Hall–Kier alpha value is -1.20. The molecule has 96 valence electrons. The van der Waals surface area contributed by atoms with Crippen molar-refractivity contribution in [3.05, 3.63) is 23.9 Å². The fraction of sp³-hybridized carbons (Fsp3) is 0.308. The zero-order valence-corrected chi connectivity index (χ0v) is 12.4. The second-order valence-corrected chi connectivity index (χ2v) is 5.77. The SMILES string of the molecule is COc1cc(OC)cc(-c2nc(C)c(SC)s2)c1. The van der Waals surface area contributed by atoms with Crippen LogP contribution in [-0.4, -0.2) is 25.5 Å². The quantitative estimate of drug-likeness (QED) is 0.796. The van der Waals surface area contributed by atoms with Crippen LogP contribution in [0.2, 0.25) is 0 Å². The highest BCUT2D eigenvalue weighted by molar-refractivity contribution is 8.00. The smallest absolute Gasteiger partial charge is 0.124 e. The first-order valence-electron chi connectivity index (χ1n) is 5.42. The van der Waals surface area contributed by atoms with Gasteiger partial charge in [-0.3, -0.25) is 0 Å². The summed E-state index contributed by atoms with van der Waals surface area (Å²) in [5.74, 6) is 1.56. The molecule has 0 amide bonds. The molecule has 1 aromatic carbocycles. The molecule has 0 radical (unpaired) electrons. The largest absolute Gasteiger partial charge is 0.497 e. The fourth-order valence-corrected chi connectivity index (χ4v) is 3.32. The molecule has 0 aliphatic heterocycles. The van der Waals surface area contributed by atoms with Crippen molar-refractivity contribution >= 4 is 23.1 Å². The molecule has 18 heavy (non-hydrogen) atoms. The fourth-order valence-electron chi connectivity index (χ4n) is 1.63. The van der Waals surface area contributed by atoms with Gasteiger partial charge in [0.15, 0.2) is 0 Å². The van der Waals surface area contributed by atoms with Gasteiger partial charge in [0.2, 0.25) is 0 Å². The van der Waals surface area contributed by atoms with Crippen molar-refractivity contribution in [3.8, 4) is 22.1 Å². The monoisotopic (exact) mass is 281 g/mol. The topological polar surface area (TPSA) is 31.4 Å². The second-order valence-electron chi connectivity index (χ2n) is 3.70. The van der Waals surface area contributed by atoms with Crippen LogP contribution in [0.5, 0.6) is 11.5 Å². The Balaban J connectivity index is 2.48. The molecule has 5 heteroatoms. The lowest BCUT2D eigenvalue weighted by Gasteiger charge is -2.06. The van der Waals surface area contributed by atoms with Crippen LogP contribution in [0.25, 0.3) is 10.6 Å². The third kappa shape index (κ3) is 2.62. The third-order valence-electron chi connectivity index (χ3n) is 2.54. The van der Waals surface area contributed by atoms with Gasteiger partial charge in [0, 0.05) is 11.6 Å². The van der Waals surface area contributed by atoms with Crippen LogP contribution in [-0.2, 0) is 0 Å². The van der Waals surface area contributed by atoms with Crippen LogP contribution in [0, 0.1) is 6.92 Å². The number of ether oxygens (including phenoxy) is 2. The second kappa shape index (κ2) is 5.63. The standard InChI is InChI=1S/C13H15NO2S2/c1-8-13(17-4)18-12(14-8)9-5-10(15-2)7-11(6-9)16-3/h5-7H,1-4H3. The van der Waals surface area contributed by atoms with Gasteiger partial charge in [-0.1, -0.05) is 0 Å². The van der Waals surface area contributed by atoms with Gasteiger partial charge in [-0.25, -0.2) is 4.98 Å². The predicted octanol–water partition coefficient (Wildman–Crippen LogP) is 3.86. The van der Waals surface area contributed by atoms with E-state index in [1.807, 2.05) is 25.1 Å². The van der Waals surface area contributed by atoms with Crippen molar-refractivity contribution in [2.45, 2.75) is 11.1 Å². The van der Waals surface area contributed by atoms with E-state index >= 15 is 0 Å². The Morgan fingerprint density at radius 1 is 1.11 bits per heavy atom. The van der Waals surface area contributed by atoms with Crippen molar-refractivity contribution in [2.75, 3.05) is 20.5 Å². The minimum absolute atomic E-state index is 0.780. The van der Waals surface area contributed by atoms with Gasteiger partial charge >= 0.3 is 0 Å². The van der Waals surface area contributed by atoms with Crippen LogP contribution in [0.3, 0.4) is 0 Å². The number of hydrogen-bond donors (Lipinski definition) is 0. The zero-order chi connectivity index (χ0) is 13.1. The Labute approximate surface area is 115 Å². The normalized spacial score (nSPS) is 10.4. The van der Waals surface area contributed by atoms with Crippen LogP contribution in [0.1, 0.15) is 5.69 Å². The van der Waals surface area contributed by atoms with E-state index in [4.69, 9.17) is 9.47 Å². The summed E-state index contributed by atoms with van der Waals surface area (Å²) in [6, 6.07) is 5.81. The van der Waals surface area contributed by atoms with Crippen LogP contribution in [0.15, 0.2) is 22.4 Å². The van der Waals surface area contributed by atoms with E-state index in [1.54, 1.807) is 37.3 Å². The molecule has 0 atom stereocenters. The summed E-state index contributed by atoms with van der Waals surface area (Å²) in [6.45, 7) is 2.03. The Morgan fingerprint density at radius 2 is 1.72 bits per heavy atom. The summed E-state index contributed by atoms with van der Waals surface area (Å²) in [5.41, 5.74) is 2.10. The van der Waals surface area contributed by atoms with Gasteiger partial charge in [0.25, 0.3) is 0 Å².